The van der Waals surface area contributed by atoms with Crippen LogP contribution in [-0.4, -0.2) is 101 Å². The summed E-state index contributed by atoms with van der Waals surface area (Å²) in [6.07, 6.45) is 29.0. The minimum Gasteiger partial charge on any atom is -0.481 e. The van der Waals surface area contributed by atoms with Crippen LogP contribution in [0.4, 0.5) is 0 Å². The maximum Gasteiger partial charge on any atom is 0.325 e. The fraction of sp³-hybridized carbons (Fsp3) is 0.898. The molecule has 1 atom stereocenters. The third kappa shape index (κ3) is 35.1. The van der Waals surface area contributed by atoms with Gasteiger partial charge >= 0.3 is 17.9 Å². The second-order valence-corrected chi connectivity index (χ2v) is 19.9. The number of hydrogen-bond acceptors (Lipinski definition) is 9. The molecular formula is C49H92N2O8S2. The Balaban J connectivity index is 4.87. The number of unbranched alkanes of at least 4 members (excludes halogenated alkanes) is 16. The minimum absolute atomic E-state index is 0.0186. The maximum absolute atomic E-state index is 13.3. The molecule has 61 heavy (non-hydrogen) atoms. The molecule has 0 aliphatic rings. The molecule has 0 fully saturated rings. The van der Waals surface area contributed by atoms with E-state index < -0.39 is 11.9 Å². The first-order valence-electron chi connectivity index (χ1n) is 24.8. The topological polar surface area (TPSA) is 131 Å². The summed E-state index contributed by atoms with van der Waals surface area (Å²) >= 11 is 3.38. The van der Waals surface area contributed by atoms with Crippen LogP contribution in [0.3, 0.4) is 0 Å². The van der Waals surface area contributed by atoms with Gasteiger partial charge in [0.05, 0.1) is 13.2 Å². The molecule has 0 heterocycles. The summed E-state index contributed by atoms with van der Waals surface area (Å²) in [6, 6.07) is 0.0186. The molecular weight excluding hydrogens is 809 g/mol. The van der Waals surface area contributed by atoms with Gasteiger partial charge in [-0.1, -0.05) is 130 Å². The third-order valence-electron chi connectivity index (χ3n) is 11.5. The highest BCUT2D eigenvalue weighted by atomic mass is 32.2. The number of carbonyl (C=O) groups excluding carboxylic acids is 4. The number of ether oxygens (including phenoxy) is 2. The van der Waals surface area contributed by atoms with Gasteiger partial charge in [-0.2, -0.15) is 0 Å². The number of carbonyl (C=O) groups is 5. The molecule has 1 N–H and O–H groups in total. The number of hydrogen-bond donors (Lipinski definition) is 1. The van der Waals surface area contributed by atoms with Crippen LogP contribution in [0.25, 0.3) is 0 Å². The number of aliphatic carboxylic acids is 1. The summed E-state index contributed by atoms with van der Waals surface area (Å²) < 4.78 is 11.0. The molecule has 0 aromatic heterocycles. The third-order valence-corrected chi connectivity index (χ3v) is 14.4. The van der Waals surface area contributed by atoms with Crippen LogP contribution in [0.1, 0.15) is 220 Å². The number of carboxylic acid groups (broad SMARTS) is 1. The molecule has 0 aromatic carbocycles. The monoisotopic (exact) mass is 901 g/mol. The molecule has 0 spiro atoms. The lowest BCUT2D eigenvalue weighted by molar-refractivity contribution is -0.148. The smallest absolute Gasteiger partial charge is 0.325 e. The molecule has 2 amide bonds. The number of thioether (sulfide) groups is 2. The molecule has 0 radical (unpaired) electrons. The Kier molecular flexibility index (Phi) is 40.7. The van der Waals surface area contributed by atoms with Crippen molar-refractivity contribution in [2.45, 2.75) is 231 Å². The Hall–Kier alpha value is -1.95. The van der Waals surface area contributed by atoms with Crippen molar-refractivity contribution in [1.82, 2.24) is 9.80 Å². The van der Waals surface area contributed by atoms with E-state index in [1.807, 2.05) is 7.05 Å². The Bertz CT molecular complexity index is 1090. The van der Waals surface area contributed by atoms with Gasteiger partial charge in [-0.15, -0.1) is 23.5 Å². The van der Waals surface area contributed by atoms with Crippen molar-refractivity contribution in [3.05, 3.63) is 0 Å². The fourth-order valence-electron chi connectivity index (χ4n) is 7.48. The number of carboxylic acids is 1. The van der Waals surface area contributed by atoms with Crippen molar-refractivity contribution < 1.29 is 38.6 Å². The largest absolute Gasteiger partial charge is 0.481 e. The van der Waals surface area contributed by atoms with Crippen LogP contribution in [-0.2, 0) is 33.4 Å². The number of amides is 2. The van der Waals surface area contributed by atoms with Crippen LogP contribution in [0, 0.1) is 5.92 Å². The van der Waals surface area contributed by atoms with Crippen LogP contribution in [0.2, 0.25) is 0 Å². The summed E-state index contributed by atoms with van der Waals surface area (Å²) in [5, 5.41) is 9.05. The van der Waals surface area contributed by atoms with Gasteiger partial charge in [0.25, 0.3) is 0 Å². The van der Waals surface area contributed by atoms with E-state index in [1.165, 1.54) is 69.1 Å². The van der Waals surface area contributed by atoms with Crippen molar-refractivity contribution in [2.75, 3.05) is 45.4 Å². The zero-order chi connectivity index (χ0) is 45.4. The molecule has 0 aromatic rings. The molecule has 0 saturated carbocycles. The van der Waals surface area contributed by atoms with E-state index in [0.29, 0.717) is 31.8 Å². The Labute approximate surface area is 382 Å². The Morgan fingerprint density at radius 2 is 0.967 bits per heavy atom. The summed E-state index contributed by atoms with van der Waals surface area (Å²) in [4.78, 5) is 66.1. The molecule has 358 valence electrons. The zero-order valence-electron chi connectivity index (χ0n) is 40.0. The molecule has 0 aliphatic carbocycles. The number of rotatable bonds is 44. The first-order chi connectivity index (χ1) is 29.5. The van der Waals surface area contributed by atoms with Crippen LogP contribution >= 0.6 is 23.5 Å². The van der Waals surface area contributed by atoms with Crippen LogP contribution in [0.15, 0.2) is 0 Å². The predicted octanol–water partition coefficient (Wildman–Crippen LogP) is 12.6. The molecule has 0 bridgehead atoms. The second-order valence-electron chi connectivity index (χ2n) is 17.2. The molecule has 12 heteroatoms. The Morgan fingerprint density at radius 3 is 1.46 bits per heavy atom. The molecule has 0 saturated heterocycles. The maximum atomic E-state index is 13.3. The van der Waals surface area contributed by atoms with Gasteiger partial charge in [-0.05, 0) is 88.1 Å². The highest BCUT2D eigenvalue weighted by Gasteiger charge is 2.25. The summed E-state index contributed by atoms with van der Waals surface area (Å²) in [6.45, 7) is 9.47. The first kappa shape index (κ1) is 59.0. The van der Waals surface area contributed by atoms with Gasteiger partial charge in [-0.3, -0.25) is 24.0 Å². The van der Waals surface area contributed by atoms with E-state index in [1.54, 1.807) is 35.5 Å². The SMILES string of the molecule is CCCCCCCC(CCCCCCC)CC(=O)OCCCCCC(CCCCCOC(=O)CN(C)C(=O)C(SCCCCC)SCCCCC)N(C)C(=O)CCCC(=O)O. The predicted molar refractivity (Wildman–Crippen MR) is 257 cm³/mol. The standard InChI is InChI=1S/C49H92N2O8S2/c1-7-11-15-17-21-30-42(31-22-18-16-12-8-2)40-46(55)58-36-25-19-23-32-43(51(6)44(52)34-29-35-45(53)54)33-24-20-26-37-59-47(56)41-50(5)48(57)49(60-38-27-13-9-3)61-39-28-14-10-4/h42-43,49H,7-41H2,1-6H3,(H,53,54). The van der Waals surface area contributed by atoms with Gasteiger partial charge in [0.2, 0.25) is 11.8 Å². The highest BCUT2D eigenvalue weighted by molar-refractivity contribution is 8.18. The molecule has 1 unspecified atom stereocenters. The van der Waals surface area contributed by atoms with Crippen LogP contribution in [0.5, 0.6) is 0 Å². The van der Waals surface area contributed by atoms with Gasteiger partial charge in [0, 0.05) is 39.4 Å². The molecule has 10 nitrogen and oxygen atoms in total. The highest BCUT2D eigenvalue weighted by Crippen LogP contribution is 2.28. The first-order valence-corrected chi connectivity index (χ1v) is 26.9. The van der Waals surface area contributed by atoms with Crippen molar-refractivity contribution in [3.8, 4) is 0 Å². The lowest BCUT2D eigenvalue weighted by Crippen LogP contribution is -2.38. The minimum atomic E-state index is -0.898. The average molecular weight is 901 g/mol. The van der Waals surface area contributed by atoms with Gasteiger partial charge < -0.3 is 24.4 Å². The average Bonchev–Trinajstić information content (AvgIpc) is 3.23. The van der Waals surface area contributed by atoms with Crippen molar-refractivity contribution >= 4 is 53.2 Å². The fourth-order valence-corrected chi connectivity index (χ4v) is 10.3. The van der Waals surface area contributed by atoms with E-state index in [0.717, 1.165) is 108 Å². The summed E-state index contributed by atoms with van der Waals surface area (Å²) in [5.41, 5.74) is 0. The van der Waals surface area contributed by atoms with E-state index in [9.17, 15) is 24.0 Å². The number of nitrogens with zero attached hydrogens (tertiary/aromatic N) is 2. The van der Waals surface area contributed by atoms with Crippen molar-refractivity contribution in [2.24, 2.45) is 5.92 Å². The molecule has 0 rings (SSSR count). The normalized spacial score (nSPS) is 11.9. The lowest BCUT2D eigenvalue weighted by atomic mass is 9.91. The van der Waals surface area contributed by atoms with Gasteiger partial charge in [-0.25, -0.2) is 0 Å². The quantitative estimate of drug-likeness (QED) is 0.0358. The lowest BCUT2D eigenvalue weighted by Gasteiger charge is -2.29. The summed E-state index contributed by atoms with van der Waals surface area (Å²) in [7, 11) is 3.50. The zero-order valence-corrected chi connectivity index (χ0v) is 41.6. The van der Waals surface area contributed by atoms with Crippen LogP contribution < -0.4 is 0 Å². The van der Waals surface area contributed by atoms with E-state index in [-0.39, 0.29) is 54.4 Å². The summed E-state index contributed by atoms with van der Waals surface area (Å²) in [5.74, 6) is 0.858. The van der Waals surface area contributed by atoms with E-state index >= 15 is 0 Å². The number of esters is 2. The van der Waals surface area contributed by atoms with Crippen molar-refractivity contribution in [1.29, 1.82) is 0 Å². The van der Waals surface area contributed by atoms with Gasteiger partial charge in [0.15, 0.2) is 0 Å². The second kappa shape index (κ2) is 42.0. The number of likely N-dealkylation sites (N-methyl/N-ethyl adjacent to an activating group) is 1. The Morgan fingerprint density at radius 1 is 0.525 bits per heavy atom. The van der Waals surface area contributed by atoms with Gasteiger partial charge in [0.1, 0.15) is 11.1 Å². The van der Waals surface area contributed by atoms with E-state index in [4.69, 9.17) is 14.6 Å². The molecule has 0 aliphatic heterocycles. The van der Waals surface area contributed by atoms with E-state index in [2.05, 4.69) is 27.7 Å². The van der Waals surface area contributed by atoms with Crippen molar-refractivity contribution in [3.63, 3.8) is 0 Å².